The number of hydrogen-bond donors (Lipinski definition) is 0. The Morgan fingerprint density at radius 3 is 2.14 bits per heavy atom. The lowest BCUT2D eigenvalue weighted by atomic mass is 10.2. The molecule has 0 saturated carbocycles. The number of hydrogen-bond acceptors (Lipinski definition) is 6. The SMILES string of the molecule is COc1ccc(N2CCN(C(=O)COC(=O)c3ccc(OC)cc3F)CC2)cc1. The normalized spacial score (nSPS) is 13.8. The smallest absolute Gasteiger partial charge is 0.341 e. The van der Waals surface area contributed by atoms with Crippen molar-refractivity contribution >= 4 is 17.6 Å². The lowest BCUT2D eigenvalue weighted by Crippen LogP contribution is -2.49. The van der Waals surface area contributed by atoms with Crippen LogP contribution in [0, 0.1) is 5.82 Å². The van der Waals surface area contributed by atoms with Gasteiger partial charge < -0.3 is 24.0 Å². The van der Waals surface area contributed by atoms with Gasteiger partial charge in [-0.1, -0.05) is 0 Å². The second-order valence-electron chi connectivity index (χ2n) is 6.49. The van der Waals surface area contributed by atoms with Crippen LogP contribution in [0.4, 0.5) is 10.1 Å². The lowest BCUT2D eigenvalue weighted by molar-refractivity contribution is -0.134. The molecule has 1 saturated heterocycles. The Hall–Kier alpha value is -3.29. The number of rotatable bonds is 6. The second-order valence-corrected chi connectivity index (χ2v) is 6.49. The molecule has 1 amide bonds. The molecule has 1 heterocycles. The highest BCUT2D eigenvalue weighted by atomic mass is 19.1. The molecule has 0 bridgehead atoms. The number of benzene rings is 2. The van der Waals surface area contributed by atoms with E-state index in [0.717, 1.165) is 17.5 Å². The maximum Gasteiger partial charge on any atom is 0.341 e. The van der Waals surface area contributed by atoms with E-state index in [9.17, 15) is 14.0 Å². The molecule has 0 aliphatic carbocycles. The summed E-state index contributed by atoms with van der Waals surface area (Å²) in [5, 5.41) is 0. The van der Waals surface area contributed by atoms with Crippen molar-refractivity contribution in [2.24, 2.45) is 0 Å². The number of methoxy groups -OCH3 is 2. The van der Waals surface area contributed by atoms with Gasteiger partial charge in [0.15, 0.2) is 6.61 Å². The van der Waals surface area contributed by atoms with E-state index < -0.39 is 18.4 Å². The number of carbonyl (C=O) groups excluding carboxylic acids is 2. The molecule has 2 aromatic rings. The molecule has 0 N–H and O–H groups in total. The highest BCUT2D eigenvalue weighted by Crippen LogP contribution is 2.21. The van der Waals surface area contributed by atoms with Gasteiger partial charge in [-0.05, 0) is 36.4 Å². The number of ether oxygens (including phenoxy) is 3. The fraction of sp³-hybridized carbons (Fsp3) is 0.333. The minimum absolute atomic E-state index is 0.233. The monoisotopic (exact) mass is 402 g/mol. The van der Waals surface area contributed by atoms with Crippen molar-refractivity contribution < 1.29 is 28.2 Å². The van der Waals surface area contributed by atoms with Crippen LogP contribution >= 0.6 is 0 Å². The van der Waals surface area contributed by atoms with Gasteiger partial charge >= 0.3 is 5.97 Å². The van der Waals surface area contributed by atoms with Crippen LogP contribution in [0.15, 0.2) is 42.5 Å². The van der Waals surface area contributed by atoms with Crippen LogP contribution in [0.5, 0.6) is 11.5 Å². The molecule has 29 heavy (non-hydrogen) atoms. The summed E-state index contributed by atoms with van der Waals surface area (Å²) in [5.41, 5.74) is 0.822. The Morgan fingerprint density at radius 1 is 0.931 bits per heavy atom. The first kappa shape index (κ1) is 20.4. The van der Waals surface area contributed by atoms with E-state index in [1.54, 1.807) is 12.0 Å². The van der Waals surface area contributed by atoms with E-state index in [1.807, 2.05) is 24.3 Å². The van der Waals surface area contributed by atoms with Crippen molar-refractivity contribution in [3.8, 4) is 11.5 Å². The summed E-state index contributed by atoms with van der Waals surface area (Å²) < 4.78 is 29.0. The van der Waals surface area contributed by atoms with Crippen molar-refractivity contribution in [2.45, 2.75) is 0 Å². The molecule has 1 aliphatic rings. The van der Waals surface area contributed by atoms with Gasteiger partial charge in [0.25, 0.3) is 5.91 Å². The minimum Gasteiger partial charge on any atom is -0.497 e. The van der Waals surface area contributed by atoms with Gasteiger partial charge in [-0.25, -0.2) is 9.18 Å². The Bertz CT molecular complexity index is 864. The molecule has 0 unspecified atom stereocenters. The van der Waals surface area contributed by atoms with E-state index in [1.165, 1.54) is 19.2 Å². The fourth-order valence-corrected chi connectivity index (χ4v) is 3.09. The van der Waals surface area contributed by atoms with Gasteiger partial charge in [0, 0.05) is 37.9 Å². The summed E-state index contributed by atoms with van der Waals surface area (Å²) in [6, 6.07) is 11.6. The number of nitrogens with zero attached hydrogens (tertiary/aromatic N) is 2. The van der Waals surface area contributed by atoms with Crippen molar-refractivity contribution in [1.82, 2.24) is 4.90 Å². The average Bonchev–Trinajstić information content (AvgIpc) is 2.77. The van der Waals surface area contributed by atoms with Crippen LogP contribution in [0.25, 0.3) is 0 Å². The van der Waals surface area contributed by atoms with Gasteiger partial charge in [-0.2, -0.15) is 0 Å². The summed E-state index contributed by atoms with van der Waals surface area (Å²) in [6.07, 6.45) is 0. The highest BCUT2D eigenvalue weighted by molar-refractivity contribution is 5.91. The van der Waals surface area contributed by atoms with Crippen molar-refractivity contribution in [2.75, 3.05) is 51.9 Å². The number of esters is 1. The molecule has 154 valence electrons. The molecule has 1 fully saturated rings. The number of anilines is 1. The van der Waals surface area contributed by atoms with E-state index in [2.05, 4.69) is 4.90 Å². The first-order valence-electron chi connectivity index (χ1n) is 9.19. The van der Waals surface area contributed by atoms with Crippen LogP contribution in [0.3, 0.4) is 0 Å². The minimum atomic E-state index is -0.879. The third kappa shape index (κ3) is 4.96. The molecule has 2 aromatic carbocycles. The number of piperazine rings is 1. The van der Waals surface area contributed by atoms with E-state index >= 15 is 0 Å². The average molecular weight is 402 g/mol. The van der Waals surface area contributed by atoms with Gasteiger partial charge in [0.1, 0.15) is 17.3 Å². The second kappa shape index (κ2) is 9.27. The van der Waals surface area contributed by atoms with Crippen LogP contribution in [0.2, 0.25) is 0 Å². The molecule has 7 nitrogen and oxygen atoms in total. The van der Waals surface area contributed by atoms with Crippen LogP contribution in [-0.2, 0) is 9.53 Å². The zero-order chi connectivity index (χ0) is 20.8. The summed E-state index contributed by atoms with van der Waals surface area (Å²) in [7, 11) is 3.02. The Labute approximate surface area is 168 Å². The predicted molar refractivity (Wildman–Crippen MR) is 105 cm³/mol. The molecule has 0 radical (unpaired) electrons. The summed E-state index contributed by atoms with van der Waals surface area (Å²) in [5.74, 6) is -0.852. The molecular formula is C21H23FN2O5. The fourth-order valence-electron chi connectivity index (χ4n) is 3.09. The zero-order valence-corrected chi connectivity index (χ0v) is 16.4. The van der Waals surface area contributed by atoms with Gasteiger partial charge in [0.2, 0.25) is 0 Å². The van der Waals surface area contributed by atoms with Gasteiger partial charge in [-0.15, -0.1) is 0 Å². The topological polar surface area (TPSA) is 68.3 Å². The lowest BCUT2D eigenvalue weighted by Gasteiger charge is -2.36. The van der Waals surface area contributed by atoms with Crippen molar-refractivity contribution in [3.63, 3.8) is 0 Å². The van der Waals surface area contributed by atoms with Crippen molar-refractivity contribution in [3.05, 3.63) is 53.8 Å². The molecular weight excluding hydrogens is 379 g/mol. The summed E-state index contributed by atoms with van der Waals surface area (Å²) >= 11 is 0. The molecule has 0 aromatic heterocycles. The quantitative estimate of drug-likeness (QED) is 0.691. The molecule has 0 atom stereocenters. The number of amides is 1. The van der Waals surface area contributed by atoms with E-state index in [4.69, 9.17) is 14.2 Å². The maximum atomic E-state index is 13.9. The molecule has 3 rings (SSSR count). The Balaban J connectivity index is 1.48. The molecule has 0 spiro atoms. The van der Waals surface area contributed by atoms with Crippen molar-refractivity contribution in [1.29, 1.82) is 0 Å². The molecule has 1 aliphatic heterocycles. The van der Waals surface area contributed by atoms with E-state index in [-0.39, 0.29) is 11.5 Å². The van der Waals surface area contributed by atoms with Crippen LogP contribution < -0.4 is 14.4 Å². The third-order valence-electron chi connectivity index (χ3n) is 4.79. The number of carbonyl (C=O) groups is 2. The van der Waals surface area contributed by atoms with Gasteiger partial charge in [-0.3, -0.25) is 4.79 Å². The van der Waals surface area contributed by atoms with E-state index in [0.29, 0.717) is 31.9 Å². The van der Waals surface area contributed by atoms with Crippen LogP contribution in [-0.4, -0.2) is 63.8 Å². The van der Waals surface area contributed by atoms with Gasteiger partial charge in [0.05, 0.1) is 19.8 Å². The third-order valence-corrected chi connectivity index (χ3v) is 4.79. The highest BCUT2D eigenvalue weighted by Gasteiger charge is 2.23. The number of halogens is 1. The summed E-state index contributed by atoms with van der Waals surface area (Å²) in [4.78, 5) is 28.2. The Kier molecular flexibility index (Phi) is 6.54. The van der Waals surface area contributed by atoms with Crippen LogP contribution in [0.1, 0.15) is 10.4 Å². The first-order valence-corrected chi connectivity index (χ1v) is 9.19. The summed E-state index contributed by atoms with van der Waals surface area (Å²) in [6.45, 7) is 1.93. The maximum absolute atomic E-state index is 13.9. The predicted octanol–water partition coefficient (Wildman–Crippen LogP) is 2.35. The Morgan fingerprint density at radius 2 is 1.55 bits per heavy atom. The largest absolute Gasteiger partial charge is 0.497 e. The molecule has 8 heteroatoms. The first-order chi connectivity index (χ1) is 14.0. The zero-order valence-electron chi connectivity index (χ0n) is 16.4. The standard InChI is InChI=1S/C21H23FN2O5/c1-27-16-5-3-15(4-6-16)23-9-11-24(12-10-23)20(25)14-29-21(26)18-8-7-17(28-2)13-19(18)22/h3-8,13H,9-12,14H2,1-2H3.